The van der Waals surface area contributed by atoms with Crippen LogP contribution in [0, 0.1) is 12.7 Å². The van der Waals surface area contributed by atoms with Crippen LogP contribution >= 0.6 is 0 Å². The lowest BCUT2D eigenvalue weighted by Gasteiger charge is -2.30. The Morgan fingerprint density at radius 3 is 2.74 bits per heavy atom. The number of halogens is 1. The number of nitrogens with zero attached hydrogens (tertiary/aromatic N) is 2. The van der Waals surface area contributed by atoms with Gasteiger partial charge in [0.15, 0.2) is 0 Å². The summed E-state index contributed by atoms with van der Waals surface area (Å²) in [6.45, 7) is 5.66. The number of pyridine rings is 2. The van der Waals surface area contributed by atoms with Crippen molar-refractivity contribution >= 4 is 23.1 Å². The van der Waals surface area contributed by atoms with Crippen molar-refractivity contribution in [3.8, 4) is 11.4 Å². The molecular weight excluding hydrogens is 489 g/mol. The largest absolute Gasteiger partial charge is 0.383 e. The molecule has 0 bridgehead atoms. The maximum Gasteiger partial charge on any atom is 0.257 e. The van der Waals surface area contributed by atoms with Gasteiger partial charge in [0.1, 0.15) is 18.2 Å². The number of nitrogens with one attached hydrogen (secondary N) is 1. The molecule has 2 aliphatic rings. The number of aryl methyl sites for hydroxylation is 1. The van der Waals surface area contributed by atoms with Crippen molar-refractivity contribution in [1.29, 1.82) is 0 Å². The smallest absolute Gasteiger partial charge is 0.257 e. The van der Waals surface area contributed by atoms with Crippen LogP contribution in [0.4, 0.5) is 4.39 Å². The molecule has 200 valence electrons. The van der Waals surface area contributed by atoms with E-state index in [1.54, 1.807) is 18.4 Å². The second-order valence-electron chi connectivity index (χ2n) is 10.2. The van der Waals surface area contributed by atoms with Crippen LogP contribution < -0.4 is 10.9 Å². The number of carbonyl (C=O) groups is 2. The normalized spacial score (nSPS) is 17.2. The SMILES string of the molecule is CCC(O)C(=O)NC1CCc2c(C)c(F)cc3nc4c(c1c23)Cn1c-4cc(C(C=O)CC)c(COC)c1=O. The van der Waals surface area contributed by atoms with Crippen molar-refractivity contribution in [1.82, 2.24) is 14.9 Å². The van der Waals surface area contributed by atoms with E-state index in [1.165, 1.54) is 13.2 Å². The van der Waals surface area contributed by atoms with Crippen LogP contribution in [0.5, 0.6) is 0 Å². The number of amides is 1. The second-order valence-corrected chi connectivity index (χ2v) is 10.2. The molecule has 1 aliphatic carbocycles. The first kappa shape index (κ1) is 26.2. The second kappa shape index (κ2) is 10.0. The molecular formula is C29H32FN3O5. The standard InChI is InChI=1S/C29H32FN3O5/c1-5-15(12-34)17-9-23-27-18(11-33(23)29(37)19(17)13-38-4)26-21(32-28(36)24(35)6-2)8-7-16-14(3)20(30)10-22(31-27)25(16)26/h9-10,12,15,21,24,35H,5-8,11,13H2,1-4H3,(H,32,36). The number of aliphatic hydroxyl groups is 1. The lowest BCUT2D eigenvalue weighted by Crippen LogP contribution is -2.38. The summed E-state index contributed by atoms with van der Waals surface area (Å²) in [5, 5.41) is 13.9. The number of aldehydes is 1. The van der Waals surface area contributed by atoms with Crippen LogP contribution in [-0.2, 0) is 33.9 Å². The van der Waals surface area contributed by atoms with Gasteiger partial charge in [-0.3, -0.25) is 9.59 Å². The average Bonchev–Trinajstić information content (AvgIpc) is 3.28. The van der Waals surface area contributed by atoms with Crippen LogP contribution in [0.25, 0.3) is 22.3 Å². The van der Waals surface area contributed by atoms with Gasteiger partial charge in [-0.25, -0.2) is 9.37 Å². The third kappa shape index (κ3) is 3.96. The summed E-state index contributed by atoms with van der Waals surface area (Å²) in [5.41, 5.74) is 5.34. The van der Waals surface area contributed by atoms with E-state index in [-0.39, 0.29) is 30.9 Å². The van der Waals surface area contributed by atoms with Crippen LogP contribution in [-0.4, -0.2) is 40.1 Å². The Morgan fingerprint density at radius 1 is 1.32 bits per heavy atom. The molecule has 5 rings (SSSR count). The van der Waals surface area contributed by atoms with Crippen molar-refractivity contribution in [2.45, 2.75) is 77.7 Å². The van der Waals surface area contributed by atoms with Crippen LogP contribution in [0.15, 0.2) is 16.9 Å². The molecule has 3 aromatic rings. The first-order valence-electron chi connectivity index (χ1n) is 13.1. The number of hydrogen-bond acceptors (Lipinski definition) is 6. The van der Waals surface area contributed by atoms with Crippen LogP contribution in [0.3, 0.4) is 0 Å². The number of methoxy groups -OCH3 is 1. The fourth-order valence-corrected chi connectivity index (χ4v) is 5.97. The van der Waals surface area contributed by atoms with E-state index in [0.717, 1.165) is 28.4 Å². The number of rotatable bonds is 8. The molecule has 0 spiro atoms. The van der Waals surface area contributed by atoms with Crippen molar-refractivity contribution in [3.05, 3.63) is 61.7 Å². The highest BCUT2D eigenvalue weighted by Gasteiger charge is 2.35. The van der Waals surface area contributed by atoms with E-state index in [2.05, 4.69) is 5.32 Å². The number of hydrogen-bond donors (Lipinski definition) is 2. The summed E-state index contributed by atoms with van der Waals surface area (Å²) < 4.78 is 21.9. The fourth-order valence-electron chi connectivity index (χ4n) is 5.97. The van der Waals surface area contributed by atoms with Gasteiger partial charge in [-0.05, 0) is 60.9 Å². The predicted molar refractivity (Wildman–Crippen MR) is 141 cm³/mol. The number of aliphatic hydroxyl groups excluding tert-OH is 1. The van der Waals surface area contributed by atoms with E-state index in [9.17, 15) is 23.9 Å². The Labute approximate surface area is 219 Å². The summed E-state index contributed by atoms with van der Waals surface area (Å²) in [5.74, 6) is -1.29. The quantitative estimate of drug-likeness (QED) is 0.343. The van der Waals surface area contributed by atoms with E-state index in [4.69, 9.17) is 9.72 Å². The van der Waals surface area contributed by atoms with E-state index in [1.807, 2.05) is 13.0 Å². The van der Waals surface area contributed by atoms with Gasteiger partial charge in [-0.2, -0.15) is 0 Å². The van der Waals surface area contributed by atoms with Gasteiger partial charge in [-0.15, -0.1) is 0 Å². The van der Waals surface area contributed by atoms with Crippen LogP contribution in [0.1, 0.15) is 78.5 Å². The predicted octanol–water partition coefficient (Wildman–Crippen LogP) is 3.59. The van der Waals surface area contributed by atoms with E-state index >= 15 is 0 Å². The molecule has 2 N–H and O–H groups in total. The van der Waals surface area contributed by atoms with Gasteiger partial charge in [0, 0.05) is 35.6 Å². The van der Waals surface area contributed by atoms with Crippen molar-refractivity contribution < 1.29 is 23.8 Å². The highest BCUT2D eigenvalue weighted by atomic mass is 19.1. The highest BCUT2D eigenvalue weighted by Crippen LogP contribution is 2.45. The van der Waals surface area contributed by atoms with Crippen molar-refractivity contribution in [2.75, 3.05) is 7.11 Å². The maximum atomic E-state index is 15.0. The molecule has 1 aromatic carbocycles. The average molecular weight is 522 g/mol. The summed E-state index contributed by atoms with van der Waals surface area (Å²) in [6, 6.07) is 2.81. The van der Waals surface area contributed by atoms with Gasteiger partial charge >= 0.3 is 0 Å². The first-order valence-corrected chi connectivity index (χ1v) is 13.1. The Hall–Kier alpha value is -3.43. The number of ether oxygens (including phenoxy) is 1. The van der Waals surface area contributed by atoms with Crippen molar-refractivity contribution in [3.63, 3.8) is 0 Å². The minimum Gasteiger partial charge on any atom is -0.383 e. The molecule has 0 saturated carbocycles. The maximum absolute atomic E-state index is 15.0. The number of fused-ring (bicyclic) bond motifs is 4. The molecule has 0 saturated heterocycles. The Bertz CT molecular complexity index is 1530. The Balaban J connectivity index is 1.79. The van der Waals surface area contributed by atoms with Gasteiger partial charge in [0.2, 0.25) is 5.91 Å². The van der Waals surface area contributed by atoms with Crippen molar-refractivity contribution in [2.24, 2.45) is 0 Å². The summed E-state index contributed by atoms with van der Waals surface area (Å²) in [4.78, 5) is 43.2. The molecule has 8 nitrogen and oxygen atoms in total. The molecule has 38 heavy (non-hydrogen) atoms. The van der Waals surface area contributed by atoms with E-state index < -0.39 is 24.0 Å². The third-order valence-corrected chi connectivity index (χ3v) is 8.07. The summed E-state index contributed by atoms with van der Waals surface area (Å²) >= 11 is 0. The number of carbonyl (C=O) groups excluding carboxylic acids is 2. The van der Waals surface area contributed by atoms with E-state index in [0.29, 0.717) is 52.9 Å². The van der Waals surface area contributed by atoms with Gasteiger partial charge in [-0.1, -0.05) is 13.8 Å². The zero-order chi connectivity index (χ0) is 27.3. The molecule has 1 amide bonds. The molecule has 3 atom stereocenters. The molecule has 3 heterocycles. The topological polar surface area (TPSA) is 111 Å². The molecule has 2 aromatic heterocycles. The molecule has 3 unspecified atom stereocenters. The Kier molecular flexibility index (Phi) is 6.92. The highest BCUT2D eigenvalue weighted by molar-refractivity contribution is 5.93. The summed E-state index contributed by atoms with van der Waals surface area (Å²) in [6.07, 6.45) is 1.59. The minimum absolute atomic E-state index is 0.0690. The molecule has 9 heteroatoms. The van der Waals surface area contributed by atoms with Gasteiger partial charge in [0.05, 0.1) is 36.1 Å². The first-order chi connectivity index (χ1) is 18.2. The zero-order valence-electron chi connectivity index (χ0n) is 22.1. The zero-order valence-corrected chi connectivity index (χ0v) is 22.1. The van der Waals surface area contributed by atoms with Gasteiger partial charge in [0.25, 0.3) is 5.56 Å². The van der Waals surface area contributed by atoms with Crippen LogP contribution in [0.2, 0.25) is 0 Å². The molecule has 1 aliphatic heterocycles. The lowest BCUT2D eigenvalue weighted by atomic mass is 9.81. The third-order valence-electron chi connectivity index (χ3n) is 8.07. The fraction of sp³-hybridized carbons (Fsp3) is 0.448. The number of aromatic nitrogens is 2. The monoisotopic (exact) mass is 521 g/mol. The minimum atomic E-state index is -1.13. The Morgan fingerprint density at radius 2 is 2.08 bits per heavy atom. The number of benzene rings is 1. The van der Waals surface area contributed by atoms with Gasteiger partial charge < -0.3 is 24.5 Å². The molecule has 0 radical (unpaired) electrons. The lowest BCUT2D eigenvalue weighted by molar-refractivity contribution is -0.130. The molecule has 0 fully saturated rings. The summed E-state index contributed by atoms with van der Waals surface area (Å²) in [7, 11) is 1.51.